The molecule has 0 fully saturated rings. The molecule has 0 aromatic heterocycles. The van der Waals surface area contributed by atoms with E-state index >= 15 is 0 Å². The molecule has 0 aromatic rings. The van der Waals surface area contributed by atoms with Gasteiger partial charge in [-0.2, -0.15) is 0 Å². The van der Waals surface area contributed by atoms with Crippen molar-refractivity contribution in [1.29, 1.82) is 0 Å². The van der Waals surface area contributed by atoms with Crippen LogP contribution in [0.4, 0.5) is 0 Å². The lowest BCUT2D eigenvalue weighted by molar-refractivity contribution is 1.27. The van der Waals surface area contributed by atoms with Gasteiger partial charge in [-0.25, -0.2) is 9.97 Å². The van der Waals surface area contributed by atoms with E-state index in [1.807, 2.05) is 6.07 Å². The second-order valence-corrected chi connectivity index (χ2v) is 1.71. The summed E-state index contributed by atoms with van der Waals surface area (Å²) in [5, 5.41) is 0. The number of fused-ring (bicyclic) bond motifs is 1. The topological polar surface area (TPSA) is 41.6 Å². The zero-order chi connectivity index (χ0) is 6.10. The zero-order valence-corrected chi connectivity index (χ0v) is 4.63. The Balaban J connectivity index is 2.79. The number of nitrogens with zero attached hydrogens (tertiary/aromatic N) is 2. The molecule has 0 saturated carbocycles. The van der Waals surface area contributed by atoms with Gasteiger partial charge in [-0.1, -0.05) is 0 Å². The summed E-state index contributed by atoms with van der Waals surface area (Å²) in [6.45, 7) is 0. The highest BCUT2D eigenvalue weighted by Crippen LogP contribution is 2.11. The van der Waals surface area contributed by atoms with Gasteiger partial charge >= 0.3 is 0 Å². The van der Waals surface area contributed by atoms with Gasteiger partial charge in [0.25, 0.3) is 0 Å². The van der Waals surface area contributed by atoms with Crippen molar-refractivity contribution in [2.24, 2.45) is 0 Å². The highest BCUT2D eigenvalue weighted by molar-refractivity contribution is 5.52. The summed E-state index contributed by atoms with van der Waals surface area (Å²) in [4.78, 5) is 10.7. The number of nitrogens with one attached hydrogen (secondary N) is 1. The van der Waals surface area contributed by atoms with E-state index in [1.54, 1.807) is 6.20 Å². The molecule has 3 nitrogen and oxygen atoms in total. The molecule has 9 heavy (non-hydrogen) atoms. The molecule has 0 saturated heterocycles. The van der Waals surface area contributed by atoms with E-state index in [0.717, 1.165) is 11.4 Å². The Labute approximate surface area is 52.1 Å². The van der Waals surface area contributed by atoms with E-state index in [1.165, 1.54) is 6.33 Å². The Morgan fingerprint density at radius 3 is 3.33 bits per heavy atom. The van der Waals surface area contributed by atoms with Gasteiger partial charge in [-0.05, 0) is 6.07 Å². The van der Waals surface area contributed by atoms with Crippen molar-refractivity contribution in [2.45, 2.75) is 0 Å². The minimum atomic E-state index is 0.789. The number of aromatic nitrogens is 3. The summed E-state index contributed by atoms with van der Waals surface area (Å²) in [7, 11) is 0. The predicted molar refractivity (Wildman–Crippen MR) is 31.8 cm³/mol. The number of pyridine rings is 1. The van der Waals surface area contributed by atoms with Crippen LogP contribution in [-0.4, -0.2) is 15.0 Å². The Bertz CT molecular complexity index is 248. The van der Waals surface area contributed by atoms with Gasteiger partial charge in [0.15, 0.2) is 0 Å². The highest BCUT2D eigenvalue weighted by Gasteiger charge is 2.00. The van der Waals surface area contributed by atoms with E-state index in [2.05, 4.69) is 21.1 Å². The molecule has 1 N–H and O–H groups in total. The number of H-pyrrole nitrogens is 1. The minimum Gasteiger partial charge on any atom is -0.358 e. The number of imidazole rings is 1. The summed E-state index contributed by atoms with van der Waals surface area (Å²) in [6.07, 6.45) is 6.13. The van der Waals surface area contributed by atoms with Crippen molar-refractivity contribution in [3.8, 4) is 11.4 Å². The number of aromatic amines is 1. The molecule has 3 heteroatoms. The number of rotatable bonds is 0. The van der Waals surface area contributed by atoms with Crippen molar-refractivity contribution in [1.82, 2.24) is 15.0 Å². The third kappa shape index (κ3) is 0.579. The quantitative estimate of drug-likeness (QED) is 0.553. The first kappa shape index (κ1) is 4.49. The average Bonchev–Trinajstić information content (AvgIpc) is 2.33. The first-order chi connectivity index (χ1) is 4.47. The summed E-state index contributed by atoms with van der Waals surface area (Å²) < 4.78 is 0. The fourth-order valence-corrected chi connectivity index (χ4v) is 0.725. The number of hydrogen-bond acceptors (Lipinski definition) is 2. The Morgan fingerprint density at radius 2 is 2.44 bits per heavy atom. The molecular formula is C6H4N3. The minimum absolute atomic E-state index is 0.789. The molecule has 0 bridgehead atoms. The smallest absolute Gasteiger partial charge is 0.117 e. The van der Waals surface area contributed by atoms with Crippen LogP contribution in [0.15, 0.2) is 18.6 Å². The van der Waals surface area contributed by atoms with E-state index in [4.69, 9.17) is 0 Å². The van der Waals surface area contributed by atoms with Crippen LogP contribution in [0, 0.1) is 6.20 Å². The van der Waals surface area contributed by atoms with Crippen molar-refractivity contribution < 1.29 is 0 Å². The van der Waals surface area contributed by atoms with Crippen molar-refractivity contribution in [3.63, 3.8) is 0 Å². The lowest BCUT2D eigenvalue weighted by Gasteiger charge is -1.88. The maximum absolute atomic E-state index is 3.96. The average molecular weight is 118 g/mol. The summed E-state index contributed by atoms with van der Waals surface area (Å²) >= 11 is 0. The molecule has 0 aromatic carbocycles. The molecule has 2 aliphatic rings. The third-order valence-corrected chi connectivity index (χ3v) is 1.14. The Morgan fingerprint density at radius 1 is 1.44 bits per heavy atom. The molecule has 0 amide bonds. The fourth-order valence-electron chi connectivity index (χ4n) is 0.725. The largest absolute Gasteiger partial charge is 0.358 e. The molecular weight excluding hydrogens is 114 g/mol. The van der Waals surface area contributed by atoms with E-state index in [-0.39, 0.29) is 0 Å². The third-order valence-electron chi connectivity index (χ3n) is 1.14. The maximum Gasteiger partial charge on any atom is 0.117 e. The molecule has 0 aliphatic carbocycles. The van der Waals surface area contributed by atoms with Gasteiger partial charge in [0.1, 0.15) is 12.0 Å². The summed E-state index contributed by atoms with van der Waals surface area (Å²) in [5.41, 5.74) is 1.67. The van der Waals surface area contributed by atoms with Gasteiger partial charge in [0.05, 0.1) is 11.9 Å². The molecule has 2 rings (SSSR count). The van der Waals surface area contributed by atoms with Gasteiger partial charge < -0.3 is 4.98 Å². The summed E-state index contributed by atoms with van der Waals surface area (Å²) in [5.74, 6) is 0. The van der Waals surface area contributed by atoms with Gasteiger partial charge in [0.2, 0.25) is 0 Å². The Kier molecular flexibility index (Phi) is 0.773. The van der Waals surface area contributed by atoms with Crippen LogP contribution in [0.1, 0.15) is 0 Å². The lowest BCUT2D eigenvalue weighted by atomic mass is 10.3. The SMILES string of the molecule is [c]1[nH]ccc2ncnc1-2. The predicted octanol–water partition coefficient (Wildman–Crippen LogP) is 0.710. The van der Waals surface area contributed by atoms with E-state index in [0.29, 0.717) is 0 Å². The van der Waals surface area contributed by atoms with E-state index < -0.39 is 0 Å². The van der Waals surface area contributed by atoms with Crippen LogP contribution in [-0.2, 0) is 0 Å². The molecule has 2 heterocycles. The van der Waals surface area contributed by atoms with Crippen molar-refractivity contribution >= 4 is 0 Å². The van der Waals surface area contributed by atoms with Crippen LogP contribution in [0.2, 0.25) is 0 Å². The van der Waals surface area contributed by atoms with Gasteiger partial charge in [-0.15, -0.1) is 0 Å². The van der Waals surface area contributed by atoms with Gasteiger partial charge in [-0.3, -0.25) is 0 Å². The van der Waals surface area contributed by atoms with Crippen LogP contribution in [0.3, 0.4) is 0 Å². The molecule has 2 aliphatic heterocycles. The monoisotopic (exact) mass is 118 g/mol. The first-order valence-electron chi connectivity index (χ1n) is 2.62. The van der Waals surface area contributed by atoms with Gasteiger partial charge in [0, 0.05) is 6.20 Å². The van der Waals surface area contributed by atoms with Crippen molar-refractivity contribution in [3.05, 3.63) is 24.8 Å². The van der Waals surface area contributed by atoms with Crippen LogP contribution >= 0.6 is 0 Å². The van der Waals surface area contributed by atoms with Crippen LogP contribution < -0.4 is 0 Å². The molecule has 0 unspecified atom stereocenters. The second kappa shape index (κ2) is 1.55. The fraction of sp³-hybridized carbons (Fsp3) is 0. The second-order valence-electron chi connectivity index (χ2n) is 1.71. The molecule has 43 valence electrons. The molecule has 1 radical (unpaired) electrons. The highest BCUT2D eigenvalue weighted by atomic mass is 14.9. The number of hydrogen-bond donors (Lipinski definition) is 1. The van der Waals surface area contributed by atoms with Crippen LogP contribution in [0.25, 0.3) is 11.4 Å². The van der Waals surface area contributed by atoms with Crippen molar-refractivity contribution in [2.75, 3.05) is 0 Å². The summed E-state index contributed by atoms with van der Waals surface area (Å²) in [6, 6.07) is 1.86. The molecule has 0 spiro atoms. The molecule has 0 atom stereocenters. The normalized spacial score (nSPS) is 10.2. The Hall–Kier alpha value is -1.38. The first-order valence-corrected chi connectivity index (χ1v) is 2.62. The lowest BCUT2D eigenvalue weighted by Crippen LogP contribution is -1.78. The van der Waals surface area contributed by atoms with E-state index in [9.17, 15) is 0 Å². The standard InChI is InChI=1S/C6H4N3/c1-2-7-3-6-5(1)8-4-9-6/h1-2,4,7H. The maximum atomic E-state index is 3.96. The zero-order valence-electron chi connectivity index (χ0n) is 4.63. The van der Waals surface area contributed by atoms with Crippen LogP contribution in [0.5, 0.6) is 0 Å².